The largest absolute Gasteiger partial charge is 0.399 e. The molecule has 1 spiro atoms. The van der Waals surface area contributed by atoms with Gasteiger partial charge in [-0.2, -0.15) is 0 Å². The standard InChI is InChI=1S/C14H19NO2S/c15-11-3-1-4-12(9-11)18(16)13-5-8-17-14(10-13)6-2-7-14/h1,3-4,9,13H,2,5-8,10,15H2. The average molecular weight is 265 g/mol. The van der Waals surface area contributed by atoms with Gasteiger partial charge in [-0.3, -0.25) is 4.21 Å². The van der Waals surface area contributed by atoms with Crippen molar-refractivity contribution in [3.8, 4) is 0 Å². The van der Waals surface area contributed by atoms with E-state index in [1.165, 1.54) is 6.42 Å². The predicted octanol–water partition coefficient (Wildman–Crippen LogP) is 2.48. The summed E-state index contributed by atoms with van der Waals surface area (Å²) in [6.07, 6.45) is 5.35. The highest BCUT2D eigenvalue weighted by atomic mass is 32.2. The first-order valence-corrected chi connectivity index (χ1v) is 7.80. The van der Waals surface area contributed by atoms with E-state index in [0.717, 1.165) is 37.2 Å². The van der Waals surface area contributed by atoms with Crippen LogP contribution in [0.1, 0.15) is 32.1 Å². The Hall–Kier alpha value is -0.870. The fourth-order valence-corrected chi connectivity index (χ4v) is 4.53. The minimum atomic E-state index is -0.954. The summed E-state index contributed by atoms with van der Waals surface area (Å²) in [5, 5.41) is 0.223. The van der Waals surface area contributed by atoms with Crippen molar-refractivity contribution in [3.63, 3.8) is 0 Å². The summed E-state index contributed by atoms with van der Waals surface area (Å²) in [6, 6.07) is 7.45. The van der Waals surface area contributed by atoms with Crippen molar-refractivity contribution >= 4 is 16.5 Å². The Morgan fingerprint density at radius 2 is 2.22 bits per heavy atom. The maximum Gasteiger partial charge on any atom is 0.0694 e. The molecule has 0 aromatic heterocycles. The number of nitrogen functional groups attached to an aromatic ring is 1. The Kier molecular flexibility index (Phi) is 3.16. The van der Waals surface area contributed by atoms with Gasteiger partial charge in [0.25, 0.3) is 0 Å². The van der Waals surface area contributed by atoms with Crippen molar-refractivity contribution in [2.75, 3.05) is 12.3 Å². The van der Waals surface area contributed by atoms with E-state index < -0.39 is 10.8 Å². The third-order valence-electron chi connectivity index (χ3n) is 4.11. The predicted molar refractivity (Wildman–Crippen MR) is 72.8 cm³/mol. The zero-order chi connectivity index (χ0) is 12.6. The first kappa shape index (κ1) is 12.2. The van der Waals surface area contributed by atoms with Crippen molar-refractivity contribution in [1.29, 1.82) is 0 Å². The molecule has 4 heteroatoms. The SMILES string of the molecule is Nc1cccc(S(=O)C2CCOC3(CCC3)C2)c1. The fraction of sp³-hybridized carbons (Fsp3) is 0.571. The van der Waals surface area contributed by atoms with Crippen LogP contribution in [0, 0.1) is 0 Å². The Labute approximate surface area is 110 Å². The molecule has 0 amide bonds. The molecule has 3 rings (SSSR count). The van der Waals surface area contributed by atoms with Gasteiger partial charge in [0.15, 0.2) is 0 Å². The molecule has 1 aromatic carbocycles. The second-order valence-corrected chi connectivity index (χ2v) is 7.10. The lowest BCUT2D eigenvalue weighted by Crippen LogP contribution is -2.48. The molecule has 3 nitrogen and oxygen atoms in total. The molecule has 2 fully saturated rings. The van der Waals surface area contributed by atoms with E-state index in [2.05, 4.69) is 0 Å². The molecular weight excluding hydrogens is 246 g/mol. The highest BCUT2D eigenvalue weighted by Crippen LogP contribution is 2.44. The molecule has 0 radical (unpaired) electrons. The van der Waals surface area contributed by atoms with Gasteiger partial charge in [-0.15, -0.1) is 0 Å². The van der Waals surface area contributed by atoms with E-state index in [4.69, 9.17) is 10.5 Å². The summed E-state index contributed by atoms with van der Waals surface area (Å²) in [7, 11) is -0.954. The van der Waals surface area contributed by atoms with Crippen LogP contribution in [0.2, 0.25) is 0 Å². The quantitative estimate of drug-likeness (QED) is 0.836. The summed E-state index contributed by atoms with van der Waals surface area (Å²) in [4.78, 5) is 0.858. The number of hydrogen-bond acceptors (Lipinski definition) is 3. The maximum absolute atomic E-state index is 12.6. The van der Waals surface area contributed by atoms with Crippen LogP contribution in [0.3, 0.4) is 0 Å². The van der Waals surface area contributed by atoms with Crippen LogP contribution in [-0.2, 0) is 15.5 Å². The van der Waals surface area contributed by atoms with E-state index in [1.54, 1.807) is 0 Å². The molecule has 2 unspecified atom stereocenters. The highest BCUT2D eigenvalue weighted by Gasteiger charge is 2.44. The topological polar surface area (TPSA) is 52.3 Å². The average Bonchev–Trinajstić information content (AvgIpc) is 2.36. The lowest BCUT2D eigenvalue weighted by Gasteiger charge is -2.46. The lowest BCUT2D eigenvalue weighted by molar-refractivity contribution is -0.125. The van der Waals surface area contributed by atoms with E-state index in [0.29, 0.717) is 5.69 Å². The molecule has 1 aliphatic carbocycles. The van der Waals surface area contributed by atoms with Gasteiger partial charge in [0.05, 0.1) is 16.4 Å². The second kappa shape index (κ2) is 4.67. The van der Waals surface area contributed by atoms with Crippen molar-refractivity contribution in [2.24, 2.45) is 0 Å². The number of anilines is 1. The van der Waals surface area contributed by atoms with Crippen LogP contribution >= 0.6 is 0 Å². The molecule has 2 aliphatic rings. The summed E-state index contributed by atoms with van der Waals surface area (Å²) in [6.45, 7) is 0.749. The smallest absolute Gasteiger partial charge is 0.0694 e. The zero-order valence-corrected chi connectivity index (χ0v) is 11.2. The van der Waals surface area contributed by atoms with Gasteiger partial charge < -0.3 is 10.5 Å². The van der Waals surface area contributed by atoms with Crippen LogP contribution in [0.15, 0.2) is 29.2 Å². The van der Waals surface area contributed by atoms with E-state index >= 15 is 0 Å². The van der Waals surface area contributed by atoms with Crippen molar-refractivity contribution in [3.05, 3.63) is 24.3 Å². The molecule has 1 aromatic rings. The number of ether oxygens (including phenoxy) is 1. The minimum Gasteiger partial charge on any atom is -0.399 e. The number of hydrogen-bond donors (Lipinski definition) is 1. The molecule has 1 heterocycles. The summed E-state index contributed by atoms with van der Waals surface area (Å²) < 4.78 is 18.5. The third kappa shape index (κ3) is 2.19. The molecule has 1 saturated carbocycles. The van der Waals surface area contributed by atoms with Crippen LogP contribution in [-0.4, -0.2) is 21.7 Å². The summed E-state index contributed by atoms with van der Waals surface area (Å²) in [5.74, 6) is 0. The Balaban J connectivity index is 1.76. The molecule has 98 valence electrons. The van der Waals surface area contributed by atoms with Gasteiger partial charge in [0.1, 0.15) is 0 Å². The van der Waals surface area contributed by atoms with Gasteiger partial charge in [-0.25, -0.2) is 0 Å². The van der Waals surface area contributed by atoms with Gasteiger partial charge in [0.2, 0.25) is 0 Å². The Bertz CT molecular complexity index is 471. The second-order valence-electron chi connectivity index (χ2n) is 5.37. The zero-order valence-electron chi connectivity index (χ0n) is 10.4. The van der Waals surface area contributed by atoms with Crippen LogP contribution in [0.4, 0.5) is 5.69 Å². The van der Waals surface area contributed by atoms with Gasteiger partial charge >= 0.3 is 0 Å². The number of nitrogens with two attached hydrogens (primary N) is 1. The first-order valence-electron chi connectivity index (χ1n) is 6.59. The van der Waals surface area contributed by atoms with Crippen molar-refractivity contribution in [2.45, 2.75) is 47.9 Å². The molecule has 1 aliphatic heterocycles. The minimum absolute atomic E-state index is 0.0545. The molecule has 0 bridgehead atoms. The van der Waals surface area contributed by atoms with E-state index in [1.807, 2.05) is 24.3 Å². The Morgan fingerprint density at radius 1 is 1.39 bits per heavy atom. The molecule has 2 N–H and O–H groups in total. The molecule has 18 heavy (non-hydrogen) atoms. The number of benzene rings is 1. The monoisotopic (exact) mass is 265 g/mol. The molecule has 2 atom stereocenters. The van der Waals surface area contributed by atoms with Crippen LogP contribution < -0.4 is 5.73 Å². The van der Waals surface area contributed by atoms with Crippen LogP contribution in [0.5, 0.6) is 0 Å². The highest BCUT2D eigenvalue weighted by molar-refractivity contribution is 7.85. The van der Waals surface area contributed by atoms with Gasteiger partial charge in [-0.1, -0.05) is 6.07 Å². The summed E-state index contributed by atoms with van der Waals surface area (Å²) in [5.41, 5.74) is 6.50. The number of rotatable bonds is 2. The van der Waals surface area contributed by atoms with Gasteiger partial charge in [-0.05, 0) is 50.3 Å². The fourth-order valence-electron chi connectivity index (χ4n) is 2.92. The normalized spacial score (nSPS) is 27.7. The van der Waals surface area contributed by atoms with Crippen molar-refractivity contribution < 1.29 is 8.95 Å². The third-order valence-corrected chi connectivity index (χ3v) is 5.83. The Morgan fingerprint density at radius 3 is 2.89 bits per heavy atom. The van der Waals surface area contributed by atoms with Crippen molar-refractivity contribution in [1.82, 2.24) is 0 Å². The van der Waals surface area contributed by atoms with E-state index in [9.17, 15) is 4.21 Å². The first-order chi connectivity index (χ1) is 8.69. The summed E-state index contributed by atoms with van der Waals surface area (Å²) >= 11 is 0. The molecular formula is C14H19NO2S. The lowest BCUT2D eigenvalue weighted by atomic mass is 9.75. The molecule has 1 saturated heterocycles. The van der Waals surface area contributed by atoms with Crippen LogP contribution in [0.25, 0.3) is 0 Å². The maximum atomic E-state index is 12.6. The van der Waals surface area contributed by atoms with Gasteiger partial charge in [0, 0.05) is 22.4 Å². The van der Waals surface area contributed by atoms with E-state index in [-0.39, 0.29) is 10.9 Å².